The molecule has 0 bridgehead atoms. The summed E-state index contributed by atoms with van der Waals surface area (Å²) in [7, 11) is 0. The molecular weight excluding hydrogens is 579 g/mol. The third kappa shape index (κ3) is 8.58. The number of aromatic nitrogens is 3. The minimum absolute atomic E-state index is 0.0263. The lowest BCUT2D eigenvalue weighted by Gasteiger charge is -2.32. The number of aryl methyl sites for hydroxylation is 1. The van der Waals surface area contributed by atoms with Crippen molar-refractivity contribution in [3.05, 3.63) is 63.9 Å². The molecule has 0 radical (unpaired) electrons. The molecule has 4 rings (SSSR count). The Hall–Kier alpha value is -3.33. The number of likely N-dealkylation sites (tertiary alicyclic amines) is 1. The topological polar surface area (TPSA) is 80.2 Å². The fraction of sp³-hybridized carbons (Fsp3) is 0.462. The SMILES string of the molecule is Cc1nsc(Cc2cnc(C(F)(F)F)cn2)c1C(=O)Nc1ccc(F)c(OC[C@H]2CCCN(CCC(F)(F)F)C2)c1. The highest BCUT2D eigenvalue weighted by molar-refractivity contribution is 7.06. The number of carbonyl (C=O) groups excluding carboxylic acids is 1. The maximum atomic E-state index is 14.5. The summed E-state index contributed by atoms with van der Waals surface area (Å²) >= 11 is 1.00. The number of alkyl halides is 6. The molecule has 1 aromatic carbocycles. The van der Waals surface area contributed by atoms with Crippen LogP contribution in [0.15, 0.2) is 30.6 Å². The van der Waals surface area contributed by atoms with Gasteiger partial charge in [-0.05, 0) is 50.0 Å². The average molecular weight is 606 g/mol. The summed E-state index contributed by atoms with van der Waals surface area (Å²) in [6, 6.07) is 3.78. The fourth-order valence-electron chi connectivity index (χ4n) is 4.45. The summed E-state index contributed by atoms with van der Waals surface area (Å²) in [5.41, 5.74) is -0.0742. The minimum Gasteiger partial charge on any atom is -0.490 e. The summed E-state index contributed by atoms with van der Waals surface area (Å²) in [5, 5.41) is 2.67. The molecule has 3 heterocycles. The molecule has 222 valence electrons. The number of nitrogens with zero attached hydrogens (tertiary/aromatic N) is 4. The van der Waals surface area contributed by atoms with Crippen LogP contribution in [0, 0.1) is 18.7 Å². The zero-order chi connectivity index (χ0) is 29.8. The van der Waals surface area contributed by atoms with Gasteiger partial charge in [-0.25, -0.2) is 9.37 Å². The van der Waals surface area contributed by atoms with E-state index in [4.69, 9.17) is 4.74 Å². The molecule has 1 fully saturated rings. The first-order valence-corrected chi connectivity index (χ1v) is 13.4. The van der Waals surface area contributed by atoms with Gasteiger partial charge in [-0.2, -0.15) is 30.7 Å². The van der Waals surface area contributed by atoms with E-state index in [0.29, 0.717) is 36.3 Å². The largest absolute Gasteiger partial charge is 0.490 e. The molecule has 2 aromatic heterocycles. The van der Waals surface area contributed by atoms with Gasteiger partial charge in [0.2, 0.25) is 0 Å². The third-order valence-electron chi connectivity index (χ3n) is 6.48. The van der Waals surface area contributed by atoms with Gasteiger partial charge in [0.1, 0.15) is 0 Å². The molecule has 1 aliphatic heterocycles. The first-order chi connectivity index (χ1) is 19.3. The molecule has 1 amide bonds. The molecule has 1 N–H and O–H groups in total. The van der Waals surface area contributed by atoms with Gasteiger partial charge in [0.25, 0.3) is 5.91 Å². The van der Waals surface area contributed by atoms with E-state index in [2.05, 4.69) is 19.7 Å². The van der Waals surface area contributed by atoms with Crippen molar-refractivity contribution in [3.63, 3.8) is 0 Å². The predicted molar refractivity (Wildman–Crippen MR) is 136 cm³/mol. The Morgan fingerprint density at radius 1 is 1.17 bits per heavy atom. The normalized spacial score (nSPS) is 16.5. The van der Waals surface area contributed by atoms with Gasteiger partial charge in [0.15, 0.2) is 17.3 Å². The number of benzene rings is 1. The molecule has 1 aliphatic rings. The van der Waals surface area contributed by atoms with E-state index in [0.717, 1.165) is 30.2 Å². The summed E-state index contributed by atoms with van der Waals surface area (Å²) in [5.74, 6) is -1.42. The summed E-state index contributed by atoms with van der Waals surface area (Å²) in [6.07, 6.45) is -6.67. The Kier molecular flexibility index (Phi) is 9.47. The van der Waals surface area contributed by atoms with Crippen molar-refractivity contribution >= 4 is 23.1 Å². The Labute approximate surface area is 234 Å². The number of hydrogen-bond acceptors (Lipinski definition) is 7. The molecule has 1 saturated heterocycles. The van der Waals surface area contributed by atoms with E-state index in [9.17, 15) is 35.5 Å². The van der Waals surface area contributed by atoms with Gasteiger partial charge in [-0.1, -0.05) is 0 Å². The quantitative estimate of drug-likeness (QED) is 0.289. The first-order valence-electron chi connectivity index (χ1n) is 12.6. The van der Waals surface area contributed by atoms with Gasteiger partial charge < -0.3 is 15.0 Å². The van der Waals surface area contributed by atoms with Crippen LogP contribution in [0.2, 0.25) is 0 Å². The zero-order valence-corrected chi connectivity index (χ0v) is 22.6. The molecule has 15 heteroatoms. The standard InChI is InChI=1S/C26H26F7N5O2S/c1-15-23(21(41-37-15)10-18-11-35-22(12-34-18)26(31,32)33)24(39)36-17-4-5-19(27)20(9-17)40-14-16-3-2-7-38(13-16)8-6-25(28,29)30/h4-5,9,11-12,16H,2-3,6-8,10,13-14H2,1H3,(H,36,39)/t16-/m0/s1. The Morgan fingerprint density at radius 2 is 1.95 bits per heavy atom. The Morgan fingerprint density at radius 3 is 2.63 bits per heavy atom. The van der Waals surface area contributed by atoms with Crippen molar-refractivity contribution in [2.24, 2.45) is 5.92 Å². The van der Waals surface area contributed by atoms with Gasteiger partial charge in [0, 0.05) is 48.3 Å². The molecule has 1 atom stereocenters. The number of piperidine rings is 1. The highest BCUT2D eigenvalue weighted by Gasteiger charge is 2.33. The van der Waals surface area contributed by atoms with Crippen molar-refractivity contribution < 1.29 is 40.3 Å². The maximum absolute atomic E-state index is 14.5. The van der Waals surface area contributed by atoms with Crippen LogP contribution < -0.4 is 10.1 Å². The van der Waals surface area contributed by atoms with Crippen molar-refractivity contribution in [2.45, 2.75) is 45.0 Å². The van der Waals surface area contributed by atoms with E-state index in [-0.39, 0.29) is 48.2 Å². The van der Waals surface area contributed by atoms with Crippen molar-refractivity contribution in [1.29, 1.82) is 0 Å². The first kappa shape index (κ1) is 30.6. The minimum atomic E-state index is -4.62. The zero-order valence-electron chi connectivity index (χ0n) is 21.8. The number of hydrogen-bond donors (Lipinski definition) is 1. The lowest BCUT2D eigenvalue weighted by Crippen LogP contribution is -2.39. The summed E-state index contributed by atoms with van der Waals surface area (Å²) in [4.78, 5) is 22.5. The van der Waals surface area contributed by atoms with E-state index in [1.165, 1.54) is 12.1 Å². The van der Waals surface area contributed by atoms with Crippen molar-refractivity contribution in [1.82, 2.24) is 19.2 Å². The lowest BCUT2D eigenvalue weighted by atomic mass is 9.99. The Balaban J connectivity index is 1.38. The molecular formula is C26H26F7N5O2S. The van der Waals surface area contributed by atoms with Gasteiger partial charge in [-0.15, -0.1) is 0 Å². The molecule has 3 aromatic rings. The van der Waals surface area contributed by atoms with E-state index < -0.39 is 36.2 Å². The second-order valence-electron chi connectivity index (χ2n) is 9.72. The molecule has 0 spiro atoms. The molecule has 41 heavy (non-hydrogen) atoms. The monoisotopic (exact) mass is 605 g/mol. The predicted octanol–water partition coefficient (Wildman–Crippen LogP) is 6.29. The van der Waals surface area contributed by atoms with E-state index in [1.807, 2.05) is 0 Å². The Bertz CT molecular complexity index is 1350. The number of halogens is 7. The second kappa shape index (κ2) is 12.7. The highest BCUT2D eigenvalue weighted by atomic mass is 32.1. The number of ether oxygens (including phenoxy) is 1. The van der Waals surface area contributed by atoms with Crippen LogP contribution in [-0.2, 0) is 12.6 Å². The van der Waals surface area contributed by atoms with Crippen LogP contribution in [0.3, 0.4) is 0 Å². The number of carbonyl (C=O) groups is 1. The second-order valence-corrected chi connectivity index (χ2v) is 10.6. The smallest absolute Gasteiger partial charge is 0.434 e. The molecule has 0 aliphatic carbocycles. The van der Waals surface area contributed by atoms with Crippen LogP contribution >= 0.6 is 11.5 Å². The number of rotatable bonds is 9. The fourth-order valence-corrected chi connectivity index (χ4v) is 5.34. The number of anilines is 1. The van der Waals surface area contributed by atoms with Crippen LogP contribution in [-0.4, -0.2) is 57.6 Å². The van der Waals surface area contributed by atoms with E-state index in [1.54, 1.807) is 11.8 Å². The molecule has 0 saturated carbocycles. The van der Waals surface area contributed by atoms with Crippen LogP contribution in [0.25, 0.3) is 0 Å². The molecule has 7 nitrogen and oxygen atoms in total. The van der Waals surface area contributed by atoms with Crippen LogP contribution in [0.4, 0.5) is 36.4 Å². The van der Waals surface area contributed by atoms with Crippen LogP contribution in [0.1, 0.15) is 51.6 Å². The van der Waals surface area contributed by atoms with Crippen LogP contribution in [0.5, 0.6) is 5.75 Å². The lowest BCUT2D eigenvalue weighted by molar-refractivity contribution is -0.141. The van der Waals surface area contributed by atoms with Crippen molar-refractivity contribution in [3.8, 4) is 5.75 Å². The average Bonchev–Trinajstić information content (AvgIpc) is 3.27. The summed E-state index contributed by atoms with van der Waals surface area (Å²) < 4.78 is 100. The summed E-state index contributed by atoms with van der Waals surface area (Å²) in [6.45, 7) is 2.58. The number of amides is 1. The van der Waals surface area contributed by atoms with Gasteiger partial charge in [0.05, 0.1) is 36.2 Å². The van der Waals surface area contributed by atoms with E-state index >= 15 is 0 Å². The highest BCUT2D eigenvalue weighted by Crippen LogP contribution is 2.29. The van der Waals surface area contributed by atoms with Gasteiger partial charge >= 0.3 is 12.4 Å². The van der Waals surface area contributed by atoms with Gasteiger partial charge in [-0.3, -0.25) is 9.78 Å². The van der Waals surface area contributed by atoms with Crippen molar-refractivity contribution in [2.75, 3.05) is 31.6 Å². The third-order valence-corrected chi connectivity index (χ3v) is 7.41. The maximum Gasteiger partial charge on any atom is 0.434 e. The molecule has 0 unspecified atom stereocenters. The number of nitrogens with one attached hydrogen (secondary N) is 1.